The number of piperazine rings is 1. The topological polar surface area (TPSA) is 155 Å². The second-order valence-electron chi connectivity index (χ2n) is 12.2. The fourth-order valence-corrected chi connectivity index (χ4v) is 6.24. The number of para-hydroxylation sites is 1. The molecule has 4 heterocycles. The smallest absolute Gasteiger partial charge is 0.464 e. The van der Waals surface area contributed by atoms with Gasteiger partial charge in [0.2, 0.25) is 0 Å². The highest BCUT2D eigenvalue weighted by Gasteiger charge is 2.36. The van der Waals surface area contributed by atoms with Gasteiger partial charge in [0.1, 0.15) is 17.2 Å². The van der Waals surface area contributed by atoms with E-state index in [0.29, 0.717) is 24.6 Å². The molecule has 3 fully saturated rings. The van der Waals surface area contributed by atoms with Gasteiger partial charge in [-0.15, -0.1) is 0 Å². The summed E-state index contributed by atoms with van der Waals surface area (Å²) in [6, 6.07) is 9.18. The van der Waals surface area contributed by atoms with Crippen molar-refractivity contribution in [1.82, 2.24) is 25.3 Å². The molecule has 4 N–H and O–H groups in total. The van der Waals surface area contributed by atoms with Crippen LogP contribution in [-0.2, 0) is 16.0 Å². The highest BCUT2D eigenvalue weighted by Crippen LogP contribution is 2.25. The third kappa shape index (κ3) is 7.22. The molecule has 2 atom stereocenters. The molecule has 0 radical (unpaired) electrons. The molecule has 12 nitrogen and oxygen atoms in total. The number of likely N-dealkylation sites (tertiary alicyclic amines) is 1. The highest BCUT2D eigenvalue weighted by atomic mass is 16.5. The van der Waals surface area contributed by atoms with Gasteiger partial charge in [-0.1, -0.05) is 18.2 Å². The standard InChI is InChI=1S/C30H41BN6O6/c1-30(2,36-12-10-35(11-13-36)24-19-42-20-24)15-22(16-32)28(38)37-9-5-6-23(37)17-33-29(39)34-27(31(40)41)14-21-18-43-26-8-4-3-7-25(21)26/h3-4,7-8,15,18,23-24,27,40-41H,5-6,9-14,17,19-20H2,1-2H3,(H2,33,34,39)/t23-,27+/m1/s1. The number of hydrogen-bond donors (Lipinski definition) is 4. The molecule has 0 saturated carbocycles. The van der Waals surface area contributed by atoms with Crippen molar-refractivity contribution >= 4 is 30.0 Å². The second kappa shape index (κ2) is 13.5. The van der Waals surface area contributed by atoms with Crippen LogP contribution in [0.2, 0.25) is 0 Å². The molecular formula is C30H41BN6O6. The van der Waals surface area contributed by atoms with Crippen LogP contribution < -0.4 is 10.6 Å². The normalized spacial score (nSPS) is 21.3. The van der Waals surface area contributed by atoms with Gasteiger partial charge in [-0.05, 0) is 50.8 Å². The van der Waals surface area contributed by atoms with Crippen LogP contribution in [0.1, 0.15) is 32.3 Å². The Morgan fingerprint density at radius 1 is 1.19 bits per heavy atom. The lowest BCUT2D eigenvalue weighted by Crippen LogP contribution is -2.59. The fraction of sp³-hybridized carbons (Fsp3) is 0.567. The molecule has 3 aliphatic heterocycles. The van der Waals surface area contributed by atoms with E-state index in [1.54, 1.807) is 17.2 Å². The zero-order valence-corrected chi connectivity index (χ0v) is 24.9. The van der Waals surface area contributed by atoms with E-state index in [4.69, 9.17) is 9.15 Å². The molecular weight excluding hydrogens is 551 g/mol. The lowest BCUT2D eigenvalue weighted by molar-refractivity contribution is -0.127. The third-order valence-electron chi connectivity index (χ3n) is 8.93. The number of furan rings is 1. The summed E-state index contributed by atoms with van der Waals surface area (Å²) in [6.45, 7) is 9.86. The first-order valence-electron chi connectivity index (χ1n) is 15.0. The SMILES string of the molecule is CC(C)(C=C(C#N)C(=O)N1CCC[C@@H]1CNC(=O)N[C@@H](Cc1coc2ccccc12)B(O)O)N1CCN(C2COC2)CC1. The number of carbonyl (C=O) groups is 2. The maximum atomic E-state index is 13.5. The van der Waals surface area contributed by atoms with Gasteiger partial charge in [-0.25, -0.2) is 4.79 Å². The van der Waals surface area contributed by atoms with Gasteiger partial charge in [0, 0.05) is 56.2 Å². The van der Waals surface area contributed by atoms with Crippen LogP contribution in [0.3, 0.4) is 0 Å². The van der Waals surface area contributed by atoms with Crippen LogP contribution in [0, 0.1) is 11.3 Å². The first-order valence-corrected chi connectivity index (χ1v) is 15.0. The van der Waals surface area contributed by atoms with E-state index < -0.39 is 24.6 Å². The zero-order valence-electron chi connectivity index (χ0n) is 24.9. The summed E-state index contributed by atoms with van der Waals surface area (Å²) in [4.78, 5) is 32.7. The molecule has 0 unspecified atom stereocenters. The number of fused-ring (bicyclic) bond motifs is 1. The maximum Gasteiger partial charge on any atom is 0.475 e. The molecule has 3 amide bonds. The predicted molar refractivity (Wildman–Crippen MR) is 161 cm³/mol. The Bertz CT molecular complexity index is 1360. The van der Waals surface area contributed by atoms with Crippen molar-refractivity contribution in [3.8, 4) is 6.07 Å². The predicted octanol–water partition coefficient (Wildman–Crippen LogP) is 0.891. The Kier molecular flexibility index (Phi) is 9.73. The van der Waals surface area contributed by atoms with E-state index in [1.807, 2.05) is 38.1 Å². The van der Waals surface area contributed by atoms with E-state index in [9.17, 15) is 24.9 Å². The first-order chi connectivity index (χ1) is 20.7. The monoisotopic (exact) mass is 592 g/mol. The van der Waals surface area contributed by atoms with Crippen molar-refractivity contribution in [2.45, 2.75) is 56.7 Å². The van der Waals surface area contributed by atoms with Gasteiger partial charge in [0.05, 0.1) is 31.5 Å². The summed E-state index contributed by atoms with van der Waals surface area (Å²) in [7, 11) is -1.79. The van der Waals surface area contributed by atoms with E-state index in [-0.39, 0.29) is 30.5 Å². The minimum atomic E-state index is -1.79. The largest absolute Gasteiger partial charge is 0.475 e. The summed E-state index contributed by atoms with van der Waals surface area (Å²) >= 11 is 0. The fourth-order valence-electron chi connectivity index (χ4n) is 6.24. The molecule has 5 rings (SSSR count). The number of ether oxygens (including phenoxy) is 1. The van der Waals surface area contributed by atoms with Crippen molar-refractivity contribution in [1.29, 1.82) is 5.26 Å². The summed E-state index contributed by atoms with van der Waals surface area (Å²) in [5, 5.41) is 36.1. The number of rotatable bonds is 10. The van der Waals surface area contributed by atoms with E-state index in [1.165, 1.54) is 0 Å². The van der Waals surface area contributed by atoms with Crippen LogP contribution in [0.25, 0.3) is 11.0 Å². The van der Waals surface area contributed by atoms with Crippen LogP contribution in [0.15, 0.2) is 46.6 Å². The summed E-state index contributed by atoms with van der Waals surface area (Å²) in [6.07, 6.45) is 4.94. The van der Waals surface area contributed by atoms with Crippen molar-refractivity contribution in [3.63, 3.8) is 0 Å². The van der Waals surface area contributed by atoms with Gasteiger partial charge in [0.15, 0.2) is 0 Å². The molecule has 13 heteroatoms. The molecule has 2 aromatic rings. The van der Waals surface area contributed by atoms with Gasteiger partial charge in [0.25, 0.3) is 5.91 Å². The number of hydrogen-bond acceptors (Lipinski definition) is 9. The van der Waals surface area contributed by atoms with Crippen LogP contribution in [-0.4, -0.2) is 120 Å². The Balaban J connectivity index is 1.15. The average Bonchev–Trinajstić information content (AvgIpc) is 3.61. The zero-order chi connectivity index (χ0) is 30.6. The van der Waals surface area contributed by atoms with E-state index >= 15 is 0 Å². The highest BCUT2D eigenvalue weighted by molar-refractivity contribution is 6.43. The molecule has 0 spiro atoms. The lowest BCUT2D eigenvalue weighted by atomic mass is 9.76. The number of carbonyl (C=O) groups excluding carboxylic acids is 2. The second-order valence-corrected chi connectivity index (χ2v) is 12.2. The van der Waals surface area contributed by atoms with Gasteiger partial charge in [-0.3, -0.25) is 14.6 Å². The van der Waals surface area contributed by atoms with Crippen LogP contribution in [0.5, 0.6) is 0 Å². The average molecular weight is 593 g/mol. The Hall–Kier alpha value is -3.41. The minimum absolute atomic E-state index is 0.104. The van der Waals surface area contributed by atoms with E-state index in [2.05, 4.69) is 26.5 Å². The van der Waals surface area contributed by atoms with Gasteiger partial charge in [-0.2, -0.15) is 5.26 Å². The number of nitrogens with zero attached hydrogens (tertiary/aromatic N) is 4. The van der Waals surface area contributed by atoms with Crippen LogP contribution in [0.4, 0.5) is 4.79 Å². The number of nitrogens with one attached hydrogen (secondary N) is 2. The van der Waals surface area contributed by atoms with Crippen molar-refractivity contribution in [3.05, 3.63) is 47.7 Å². The molecule has 43 heavy (non-hydrogen) atoms. The lowest BCUT2D eigenvalue weighted by Gasteiger charge is -2.46. The maximum absolute atomic E-state index is 13.5. The molecule has 3 aliphatic rings. The molecule has 3 saturated heterocycles. The molecule has 1 aromatic heterocycles. The molecule has 1 aromatic carbocycles. The number of amides is 3. The molecule has 0 bridgehead atoms. The van der Waals surface area contributed by atoms with Crippen LogP contribution >= 0.6 is 0 Å². The Morgan fingerprint density at radius 2 is 1.93 bits per heavy atom. The third-order valence-corrected chi connectivity index (χ3v) is 8.93. The minimum Gasteiger partial charge on any atom is -0.464 e. The van der Waals surface area contributed by atoms with E-state index in [0.717, 1.165) is 56.8 Å². The molecule has 0 aliphatic carbocycles. The van der Waals surface area contributed by atoms with Crippen molar-refractivity contribution in [2.75, 3.05) is 52.5 Å². The van der Waals surface area contributed by atoms with Gasteiger partial charge < -0.3 is 34.7 Å². The van der Waals surface area contributed by atoms with Gasteiger partial charge >= 0.3 is 13.1 Å². The number of urea groups is 1. The number of nitriles is 1. The van der Waals surface area contributed by atoms with Crippen molar-refractivity contribution in [2.24, 2.45) is 0 Å². The quantitative estimate of drug-likeness (QED) is 0.179. The Labute approximate surface area is 252 Å². The van der Waals surface area contributed by atoms with Crippen molar-refractivity contribution < 1.29 is 28.8 Å². The molecule has 230 valence electrons. The Morgan fingerprint density at radius 3 is 2.60 bits per heavy atom. The summed E-state index contributed by atoms with van der Waals surface area (Å²) < 4.78 is 10.9. The number of benzene rings is 1. The summed E-state index contributed by atoms with van der Waals surface area (Å²) in [5.74, 6) is -1.30. The first kappa shape index (κ1) is 31.0. The summed E-state index contributed by atoms with van der Waals surface area (Å²) in [5.41, 5.74) is 1.05.